The van der Waals surface area contributed by atoms with E-state index in [4.69, 9.17) is 15.0 Å². The maximum absolute atomic E-state index is 4.93. The number of fused-ring (bicyclic) bond motifs is 3. The van der Waals surface area contributed by atoms with Crippen molar-refractivity contribution >= 4 is 0 Å². The SMILES string of the molecule is C.c1ccc(-c2cccc(-c3cccc4c3Cc3c(-c5ccc(-c6nc(-c7ccccc7)nc(-c7ccccc7)n6)cc5)cccc3-4)c2)cc1. The molecule has 1 aliphatic carbocycles. The lowest BCUT2D eigenvalue weighted by Crippen LogP contribution is -2.00. The third kappa shape index (κ3) is 5.69. The minimum atomic E-state index is 0. The summed E-state index contributed by atoms with van der Waals surface area (Å²) in [6.45, 7) is 0. The van der Waals surface area contributed by atoms with E-state index in [0.717, 1.165) is 23.1 Å². The van der Waals surface area contributed by atoms with Crippen molar-refractivity contribution in [2.75, 3.05) is 0 Å². The van der Waals surface area contributed by atoms with Gasteiger partial charge in [0.25, 0.3) is 0 Å². The maximum Gasteiger partial charge on any atom is 0.164 e. The van der Waals surface area contributed by atoms with Gasteiger partial charge in [-0.25, -0.2) is 15.0 Å². The average molecular weight is 642 g/mol. The van der Waals surface area contributed by atoms with Crippen LogP contribution in [0, 0.1) is 0 Å². The van der Waals surface area contributed by atoms with E-state index in [0.29, 0.717) is 17.5 Å². The van der Waals surface area contributed by atoms with Crippen molar-refractivity contribution < 1.29 is 0 Å². The molecule has 1 aromatic heterocycles. The molecule has 0 spiro atoms. The molecule has 8 aromatic rings. The minimum absolute atomic E-state index is 0. The molecule has 0 amide bonds. The molecular weight excluding hydrogens is 607 g/mol. The summed E-state index contributed by atoms with van der Waals surface area (Å²) in [4.78, 5) is 14.7. The molecule has 0 unspecified atom stereocenters. The standard InChI is InChI=1S/C46H31N3.CH4/c1-4-13-31(14-5-1)36-19-10-20-37(29-36)39-22-12-24-41-40-23-11-21-38(42(40)30-43(39)41)32-25-27-35(28-26-32)46-48-44(33-15-6-2-7-16-33)47-45(49-46)34-17-8-3-9-18-34;/h1-29H,30H2;1H4. The lowest BCUT2D eigenvalue weighted by Gasteiger charge is -2.11. The van der Waals surface area contributed by atoms with Crippen LogP contribution in [0.4, 0.5) is 0 Å². The first-order valence-corrected chi connectivity index (χ1v) is 16.7. The molecule has 1 aliphatic rings. The molecule has 0 aliphatic heterocycles. The highest BCUT2D eigenvalue weighted by molar-refractivity contribution is 5.90. The minimum Gasteiger partial charge on any atom is -0.208 e. The van der Waals surface area contributed by atoms with Crippen LogP contribution in [-0.2, 0) is 6.42 Å². The van der Waals surface area contributed by atoms with Crippen molar-refractivity contribution in [2.45, 2.75) is 13.8 Å². The van der Waals surface area contributed by atoms with Crippen molar-refractivity contribution in [1.82, 2.24) is 15.0 Å². The van der Waals surface area contributed by atoms with E-state index >= 15 is 0 Å². The second-order valence-corrected chi connectivity index (χ2v) is 12.4. The maximum atomic E-state index is 4.93. The van der Waals surface area contributed by atoms with Gasteiger partial charge in [-0.05, 0) is 68.1 Å². The zero-order valence-electron chi connectivity index (χ0n) is 26.8. The Labute approximate surface area is 293 Å². The van der Waals surface area contributed by atoms with Crippen LogP contribution in [-0.4, -0.2) is 15.0 Å². The number of rotatable bonds is 6. The van der Waals surface area contributed by atoms with Crippen LogP contribution in [0.1, 0.15) is 18.6 Å². The van der Waals surface area contributed by atoms with Crippen LogP contribution in [0.15, 0.2) is 176 Å². The normalized spacial score (nSPS) is 11.4. The second kappa shape index (κ2) is 13.2. The lowest BCUT2D eigenvalue weighted by atomic mass is 9.93. The lowest BCUT2D eigenvalue weighted by molar-refractivity contribution is 1.07. The van der Waals surface area contributed by atoms with Crippen molar-refractivity contribution in [3.8, 4) is 78.7 Å². The molecule has 0 saturated heterocycles. The van der Waals surface area contributed by atoms with Crippen LogP contribution in [0.3, 0.4) is 0 Å². The summed E-state index contributed by atoms with van der Waals surface area (Å²) in [7, 11) is 0. The first-order chi connectivity index (χ1) is 24.3. The van der Waals surface area contributed by atoms with E-state index in [1.165, 1.54) is 55.6 Å². The Morgan fingerprint density at radius 3 is 1.16 bits per heavy atom. The van der Waals surface area contributed by atoms with Crippen molar-refractivity contribution in [1.29, 1.82) is 0 Å². The first kappa shape index (κ1) is 30.9. The Hall–Kier alpha value is -6.45. The summed E-state index contributed by atoms with van der Waals surface area (Å²) in [5.74, 6) is 1.99. The predicted octanol–water partition coefficient (Wildman–Crippen LogP) is 12.1. The number of nitrogens with zero attached hydrogens (tertiary/aromatic N) is 3. The Bertz CT molecular complexity index is 2380. The van der Waals surface area contributed by atoms with Crippen LogP contribution < -0.4 is 0 Å². The van der Waals surface area contributed by atoms with Gasteiger partial charge in [0.05, 0.1) is 0 Å². The van der Waals surface area contributed by atoms with E-state index in [1.54, 1.807) is 0 Å². The Balaban J connectivity index is 0.00000361. The van der Waals surface area contributed by atoms with Gasteiger partial charge in [0.2, 0.25) is 0 Å². The van der Waals surface area contributed by atoms with Gasteiger partial charge in [0.1, 0.15) is 0 Å². The van der Waals surface area contributed by atoms with Crippen molar-refractivity contribution in [3.63, 3.8) is 0 Å². The average Bonchev–Trinajstić information content (AvgIpc) is 3.58. The quantitative estimate of drug-likeness (QED) is 0.181. The molecule has 0 saturated carbocycles. The topological polar surface area (TPSA) is 38.7 Å². The van der Waals surface area contributed by atoms with Gasteiger partial charge >= 0.3 is 0 Å². The molecule has 0 N–H and O–H groups in total. The van der Waals surface area contributed by atoms with Crippen LogP contribution in [0.5, 0.6) is 0 Å². The third-order valence-corrected chi connectivity index (χ3v) is 9.43. The van der Waals surface area contributed by atoms with Gasteiger partial charge in [-0.2, -0.15) is 0 Å². The molecule has 238 valence electrons. The number of hydrogen-bond acceptors (Lipinski definition) is 3. The van der Waals surface area contributed by atoms with Crippen molar-refractivity contribution in [2.24, 2.45) is 0 Å². The molecule has 1 heterocycles. The highest BCUT2D eigenvalue weighted by Gasteiger charge is 2.24. The van der Waals surface area contributed by atoms with Gasteiger partial charge in [0.15, 0.2) is 17.5 Å². The zero-order valence-corrected chi connectivity index (χ0v) is 26.8. The molecule has 0 radical (unpaired) electrons. The van der Waals surface area contributed by atoms with E-state index in [1.807, 2.05) is 60.7 Å². The van der Waals surface area contributed by atoms with Crippen LogP contribution in [0.25, 0.3) is 78.7 Å². The van der Waals surface area contributed by atoms with E-state index in [-0.39, 0.29) is 7.43 Å². The van der Waals surface area contributed by atoms with Gasteiger partial charge in [0, 0.05) is 16.7 Å². The highest BCUT2D eigenvalue weighted by Crippen LogP contribution is 2.45. The molecule has 9 rings (SSSR count). The molecule has 7 aromatic carbocycles. The number of benzene rings is 7. The number of aromatic nitrogens is 3. The van der Waals surface area contributed by atoms with E-state index in [2.05, 4.69) is 115 Å². The zero-order chi connectivity index (χ0) is 32.6. The molecule has 0 fully saturated rings. The largest absolute Gasteiger partial charge is 0.208 e. The van der Waals surface area contributed by atoms with Crippen LogP contribution in [0.2, 0.25) is 0 Å². The van der Waals surface area contributed by atoms with Gasteiger partial charge in [-0.15, -0.1) is 0 Å². The summed E-state index contributed by atoms with van der Waals surface area (Å²) in [6, 6.07) is 61.8. The van der Waals surface area contributed by atoms with E-state index in [9.17, 15) is 0 Å². The summed E-state index contributed by atoms with van der Waals surface area (Å²) in [5.41, 5.74) is 15.7. The molecule has 0 atom stereocenters. The second-order valence-electron chi connectivity index (χ2n) is 12.4. The smallest absolute Gasteiger partial charge is 0.164 e. The highest BCUT2D eigenvalue weighted by atomic mass is 15.0. The van der Waals surface area contributed by atoms with Gasteiger partial charge in [-0.1, -0.05) is 177 Å². The van der Waals surface area contributed by atoms with E-state index < -0.39 is 0 Å². The fourth-order valence-electron chi connectivity index (χ4n) is 7.01. The molecule has 3 nitrogen and oxygen atoms in total. The molecular formula is C47H35N3. The van der Waals surface area contributed by atoms with Crippen molar-refractivity contribution in [3.05, 3.63) is 187 Å². The fourth-order valence-corrected chi connectivity index (χ4v) is 7.01. The third-order valence-electron chi connectivity index (χ3n) is 9.43. The number of hydrogen-bond donors (Lipinski definition) is 0. The van der Waals surface area contributed by atoms with Gasteiger partial charge < -0.3 is 0 Å². The first-order valence-electron chi connectivity index (χ1n) is 16.7. The Morgan fingerprint density at radius 1 is 0.280 bits per heavy atom. The predicted molar refractivity (Wildman–Crippen MR) is 207 cm³/mol. The summed E-state index contributed by atoms with van der Waals surface area (Å²) in [6.07, 6.45) is 0.892. The van der Waals surface area contributed by atoms with Gasteiger partial charge in [-0.3, -0.25) is 0 Å². The molecule has 0 bridgehead atoms. The van der Waals surface area contributed by atoms with Crippen LogP contribution >= 0.6 is 0 Å². The molecule has 50 heavy (non-hydrogen) atoms. The Kier molecular flexibility index (Phi) is 8.16. The Morgan fingerprint density at radius 2 is 0.640 bits per heavy atom. The fraction of sp³-hybridized carbons (Fsp3) is 0.0426. The summed E-state index contributed by atoms with van der Waals surface area (Å²) >= 11 is 0. The molecule has 3 heteroatoms. The summed E-state index contributed by atoms with van der Waals surface area (Å²) in [5, 5.41) is 0. The monoisotopic (exact) mass is 641 g/mol. The summed E-state index contributed by atoms with van der Waals surface area (Å²) < 4.78 is 0.